The molecular weight excluding hydrogens is 268 g/mol. The van der Waals surface area contributed by atoms with E-state index < -0.39 is 11.1 Å². The van der Waals surface area contributed by atoms with Gasteiger partial charge in [-0.2, -0.15) is 4.98 Å². The van der Waals surface area contributed by atoms with Crippen molar-refractivity contribution in [2.75, 3.05) is 6.61 Å². The molecule has 1 aromatic rings. The van der Waals surface area contributed by atoms with Crippen LogP contribution in [-0.2, 0) is 15.8 Å². The monoisotopic (exact) mass is 294 g/mol. The van der Waals surface area contributed by atoms with Crippen molar-refractivity contribution in [2.24, 2.45) is 16.9 Å². The van der Waals surface area contributed by atoms with Crippen molar-refractivity contribution in [3.8, 4) is 0 Å². The summed E-state index contributed by atoms with van der Waals surface area (Å²) in [4.78, 5) is 4.56. The van der Waals surface area contributed by atoms with Crippen LogP contribution in [0.4, 0.5) is 0 Å². The van der Waals surface area contributed by atoms with Crippen molar-refractivity contribution in [1.82, 2.24) is 10.1 Å². The van der Waals surface area contributed by atoms with E-state index in [4.69, 9.17) is 20.7 Å². The lowest BCUT2D eigenvalue weighted by Gasteiger charge is -2.56. The van der Waals surface area contributed by atoms with Gasteiger partial charge in [0.05, 0.1) is 11.6 Å². The molecule has 2 unspecified atom stereocenters. The predicted octanol–water partition coefficient (Wildman–Crippen LogP) is 1.79. The van der Waals surface area contributed by atoms with E-state index in [1.54, 1.807) is 0 Å². The van der Waals surface area contributed by atoms with E-state index in [9.17, 15) is 0 Å². The zero-order chi connectivity index (χ0) is 15.3. The molecule has 6 heteroatoms. The highest BCUT2D eigenvalue weighted by molar-refractivity contribution is 5.21. The molecule has 0 radical (unpaired) electrons. The van der Waals surface area contributed by atoms with E-state index in [2.05, 4.69) is 24.0 Å². The molecule has 21 heavy (non-hydrogen) atoms. The minimum Gasteiger partial charge on any atom is -0.378 e. The second-order valence-corrected chi connectivity index (χ2v) is 7.13. The number of nitrogens with two attached hydrogens (primary N) is 2. The van der Waals surface area contributed by atoms with Gasteiger partial charge in [0, 0.05) is 18.4 Å². The first kappa shape index (κ1) is 14.9. The summed E-state index contributed by atoms with van der Waals surface area (Å²) >= 11 is 0. The van der Waals surface area contributed by atoms with Crippen LogP contribution in [0.3, 0.4) is 0 Å². The third-order valence-electron chi connectivity index (χ3n) is 5.58. The van der Waals surface area contributed by atoms with Gasteiger partial charge in [0.1, 0.15) is 5.54 Å². The van der Waals surface area contributed by atoms with E-state index in [1.165, 1.54) is 0 Å². The minimum absolute atomic E-state index is 0.126. The van der Waals surface area contributed by atoms with Crippen LogP contribution in [-0.4, -0.2) is 22.9 Å². The Morgan fingerprint density at radius 2 is 1.95 bits per heavy atom. The summed E-state index contributed by atoms with van der Waals surface area (Å²) in [7, 11) is 0. The third kappa shape index (κ3) is 2.04. The average molecular weight is 294 g/mol. The van der Waals surface area contributed by atoms with Crippen molar-refractivity contribution < 1.29 is 9.26 Å². The Morgan fingerprint density at radius 3 is 2.52 bits per heavy atom. The molecule has 2 aliphatic rings. The lowest BCUT2D eigenvalue weighted by Crippen LogP contribution is -2.67. The molecule has 0 aliphatic heterocycles. The first-order chi connectivity index (χ1) is 9.83. The molecule has 1 aromatic heterocycles. The molecule has 3 rings (SSSR count). The summed E-state index contributed by atoms with van der Waals surface area (Å²) in [6.07, 6.45) is 4.88. The second kappa shape index (κ2) is 4.76. The van der Waals surface area contributed by atoms with Gasteiger partial charge in [-0.05, 0) is 19.8 Å². The Morgan fingerprint density at radius 1 is 1.29 bits per heavy atom. The fraction of sp³-hybridized carbons (Fsp3) is 0.867. The molecule has 1 heterocycles. The lowest BCUT2D eigenvalue weighted by molar-refractivity contribution is -0.162. The molecule has 118 valence electrons. The van der Waals surface area contributed by atoms with E-state index >= 15 is 0 Å². The smallest absolute Gasteiger partial charge is 0.247 e. The summed E-state index contributed by atoms with van der Waals surface area (Å²) in [6.45, 7) is 6.86. The first-order valence-corrected chi connectivity index (χ1v) is 7.87. The van der Waals surface area contributed by atoms with Gasteiger partial charge < -0.3 is 20.7 Å². The fourth-order valence-electron chi connectivity index (χ4n) is 3.63. The highest BCUT2D eigenvalue weighted by atomic mass is 16.5. The van der Waals surface area contributed by atoms with E-state index in [-0.39, 0.29) is 11.5 Å². The van der Waals surface area contributed by atoms with Gasteiger partial charge in [0.2, 0.25) is 5.89 Å². The van der Waals surface area contributed by atoms with Crippen molar-refractivity contribution in [3.05, 3.63) is 11.7 Å². The molecule has 2 saturated carbocycles. The largest absolute Gasteiger partial charge is 0.378 e. The van der Waals surface area contributed by atoms with Crippen LogP contribution >= 0.6 is 0 Å². The summed E-state index contributed by atoms with van der Waals surface area (Å²) < 4.78 is 11.2. The Hall–Kier alpha value is -0.980. The standard InChI is InChI=1S/C15H26N4O2/c1-4-20-10-9-15(17,13(10,2)3)12-18-11(19-21-12)14(16)7-5-6-8-14/h10H,4-9,16-17H2,1-3H3. The Kier molecular flexibility index (Phi) is 3.39. The van der Waals surface area contributed by atoms with Gasteiger partial charge in [0.15, 0.2) is 5.82 Å². The number of nitrogens with zero attached hydrogens (tertiary/aromatic N) is 2. The maximum Gasteiger partial charge on any atom is 0.247 e. The molecule has 2 aliphatic carbocycles. The lowest BCUT2D eigenvalue weighted by atomic mass is 9.54. The summed E-state index contributed by atoms with van der Waals surface area (Å²) in [5.74, 6) is 1.10. The topological polar surface area (TPSA) is 100 Å². The molecule has 0 saturated heterocycles. The van der Waals surface area contributed by atoms with Crippen LogP contribution < -0.4 is 11.5 Å². The number of hydrogen-bond donors (Lipinski definition) is 2. The number of aromatic nitrogens is 2. The molecule has 2 fully saturated rings. The van der Waals surface area contributed by atoms with Crippen molar-refractivity contribution in [1.29, 1.82) is 0 Å². The molecule has 0 aromatic carbocycles. The molecule has 0 amide bonds. The molecule has 2 atom stereocenters. The normalized spacial score (nSPS) is 33.9. The van der Waals surface area contributed by atoms with Crippen LogP contribution in [0.1, 0.15) is 64.6 Å². The highest BCUT2D eigenvalue weighted by Gasteiger charge is 2.62. The van der Waals surface area contributed by atoms with Crippen molar-refractivity contribution >= 4 is 0 Å². The highest BCUT2D eigenvalue weighted by Crippen LogP contribution is 2.55. The average Bonchev–Trinajstić information content (AvgIpc) is 3.08. The van der Waals surface area contributed by atoms with Crippen LogP contribution in [0.15, 0.2) is 4.52 Å². The maximum absolute atomic E-state index is 6.56. The van der Waals surface area contributed by atoms with Gasteiger partial charge >= 0.3 is 0 Å². The quantitative estimate of drug-likeness (QED) is 0.878. The fourth-order valence-corrected chi connectivity index (χ4v) is 3.63. The summed E-state index contributed by atoms with van der Waals surface area (Å²) in [6, 6.07) is 0. The molecular formula is C15H26N4O2. The van der Waals surface area contributed by atoms with Gasteiger partial charge in [-0.25, -0.2) is 0 Å². The third-order valence-corrected chi connectivity index (χ3v) is 5.58. The van der Waals surface area contributed by atoms with E-state index in [1.807, 2.05) is 6.92 Å². The maximum atomic E-state index is 6.56. The Bertz CT molecular complexity index is 521. The zero-order valence-corrected chi connectivity index (χ0v) is 13.2. The van der Waals surface area contributed by atoms with Gasteiger partial charge in [-0.1, -0.05) is 31.8 Å². The van der Waals surface area contributed by atoms with Crippen LogP contribution in [0.5, 0.6) is 0 Å². The SMILES string of the molecule is CCOC1CC(N)(c2nc(C3(N)CCCC3)no2)C1(C)C. The molecule has 0 spiro atoms. The summed E-state index contributed by atoms with van der Waals surface area (Å²) in [5.41, 5.74) is 11.6. The van der Waals surface area contributed by atoms with Gasteiger partial charge in [-0.15, -0.1) is 0 Å². The Labute approximate surface area is 125 Å². The molecule has 6 nitrogen and oxygen atoms in total. The molecule has 0 bridgehead atoms. The number of rotatable bonds is 4. The number of hydrogen-bond acceptors (Lipinski definition) is 6. The van der Waals surface area contributed by atoms with E-state index in [0.717, 1.165) is 25.7 Å². The minimum atomic E-state index is -0.632. The summed E-state index contributed by atoms with van der Waals surface area (Å²) in [5, 5.41) is 4.12. The van der Waals surface area contributed by atoms with Crippen LogP contribution in [0, 0.1) is 5.41 Å². The van der Waals surface area contributed by atoms with Crippen molar-refractivity contribution in [3.63, 3.8) is 0 Å². The second-order valence-electron chi connectivity index (χ2n) is 7.13. The van der Waals surface area contributed by atoms with Gasteiger partial charge in [-0.3, -0.25) is 0 Å². The van der Waals surface area contributed by atoms with Crippen molar-refractivity contribution in [2.45, 2.75) is 70.1 Å². The predicted molar refractivity (Wildman–Crippen MR) is 78.3 cm³/mol. The van der Waals surface area contributed by atoms with Gasteiger partial charge in [0.25, 0.3) is 0 Å². The Balaban J connectivity index is 1.84. The zero-order valence-electron chi connectivity index (χ0n) is 13.2. The van der Waals surface area contributed by atoms with E-state index in [0.29, 0.717) is 24.7 Å². The number of ether oxygens (including phenoxy) is 1. The van der Waals surface area contributed by atoms with Crippen LogP contribution in [0.2, 0.25) is 0 Å². The molecule has 4 N–H and O–H groups in total. The van der Waals surface area contributed by atoms with Crippen LogP contribution in [0.25, 0.3) is 0 Å². The first-order valence-electron chi connectivity index (χ1n) is 7.87.